The zero-order valence-corrected chi connectivity index (χ0v) is 18.8. The fraction of sp³-hybridized carbons (Fsp3) is 0.650. The third kappa shape index (κ3) is 8.22. The normalized spacial score (nSPS) is 18.3. The molecular weight excluding hydrogens is 439 g/mol. The maximum atomic E-state index is 5.35. The van der Waals surface area contributed by atoms with Gasteiger partial charge < -0.3 is 15.4 Å². The molecule has 1 unspecified atom stereocenters. The van der Waals surface area contributed by atoms with Crippen molar-refractivity contribution in [2.24, 2.45) is 10.9 Å². The van der Waals surface area contributed by atoms with Crippen molar-refractivity contribution in [1.82, 2.24) is 15.5 Å². The number of likely N-dealkylation sites (tertiary alicyclic amines) is 1. The summed E-state index contributed by atoms with van der Waals surface area (Å²) in [7, 11) is 1.80. The van der Waals surface area contributed by atoms with Crippen LogP contribution in [0.4, 0.5) is 0 Å². The smallest absolute Gasteiger partial charge is 0.191 e. The molecular formula is C20H35IN4O. The van der Waals surface area contributed by atoms with Crippen LogP contribution in [0.25, 0.3) is 0 Å². The van der Waals surface area contributed by atoms with E-state index >= 15 is 0 Å². The van der Waals surface area contributed by atoms with Crippen LogP contribution in [0.3, 0.4) is 0 Å². The summed E-state index contributed by atoms with van der Waals surface area (Å²) in [6, 6.07) is 8.72. The Morgan fingerprint density at radius 2 is 2.04 bits per heavy atom. The van der Waals surface area contributed by atoms with Gasteiger partial charge in [-0.05, 0) is 43.4 Å². The van der Waals surface area contributed by atoms with Gasteiger partial charge >= 0.3 is 0 Å². The van der Waals surface area contributed by atoms with Crippen molar-refractivity contribution in [2.45, 2.75) is 39.8 Å². The molecule has 0 aliphatic carbocycles. The van der Waals surface area contributed by atoms with Gasteiger partial charge in [-0.2, -0.15) is 0 Å². The van der Waals surface area contributed by atoms with Gasteiger partial charge in [0.25, 0.3) is 0 Å². The van der Waals surface area contributed by atoms with Gasteiger partial charge in [0.1, 0.15) is 0 Å². The third-order valence-corrected chi connectivity index (χ3v) is 4.67. The zero-order valence-electron chi connectivity index (χ0n) is 16.5. The Kier molecular flexibility index (Phi) is 11.9. The predicted octanol–water partition coefficient (Wildman–Crippen LogP) is 3.24. The highest BCUT2D eigenvalue weighted by molar-refractivity contribution is 14.0. The quantitative estimate of drug-likeness (QED) is 0.263. The van der Waals surface area contributed by atoms with Gasteiger partial charge in [-0.3, -0.25) is 9.89 Å². The van der Waals surface area contributed by atoms with Crippen molar-refractivity contribution < 1.29 is 4.74 Å². The van der Waals surface area contributed by atoms with E-state index in [9.17, 15) is 0 Å². The summed E-state index contributed by atoms with van der Waals surface area (Å²) in [5.41, 5.74) is 2.75. The molecule has 2 rings (SSSR count). The van der Waals surface area contributed by atoms with Gasteiger partial charge in [-0.1, -0.05) is 31.2 Å². The van der Waals surface area contributed by atoms with E-state index in [-0.39, 0.29) is 24.0 Å². The van der Waals surface area contributed by atoms with Crippen molar-refractivity contribution in [1.29, 1.82) is 0 Å². The fourth-order valence-electron chi connectivity index (χ4n) is 3.34. The van der Waals surface area contributed by atoms with Crippen LogP contribution in [0.15, 0.2) is 29.3 Å². The Labute approximate surface area is 176 Å². The number of nitrogens with zero attached hydrogens (tertiary/aromatic N) is 2. The van der Waals surface area contributed by atoms with Crippen molar-refractivity contribution in [3.05, 3.63) is 35.4 Å². The lowest BCUT2D eigenvalue weighted by Gasteiger charge is -2.31. The number of nitrogens with one attached hydrogen (secondary N) is 2. The molecule has 1 saturated heterocycles. The Hall–Kier alpha value is -0.860. The highest BCUT2D eigenvalue weighted by Gasteiger charge is 2.17. The van der Waals surface area contributed by atoms with Crippen molar-refractivity contribution in [2.75, 3.05) is 39.9 Å². The highest BCUT2D eigenvalue weighted by Crippen LogP contribution is 2.19. The van der Waals surface area contributed by atoms with Crippen molar-refractivity contribution in [3.63, 3.8) is 0 Å². The lowest BCUT2D eigenvalue weighted by atomic mass is 9.99. The number of benzene rings is 1. The summed E-state index contributed by atoms with van der Waals surface area (Å²) >= 11 is 0. The number of hydrogen-bond acceptors (Lipinski definition) is 3. The van der Waals surface area contributed by atoms with Gasteiger partial charge in [-0.25, -0.2) is 0 Å². The Balaban J connectivity index is 0.00000338. The second kappa shape index (κ2) is 13.3. The number of halogens is 1. The lowest BCUT2D eigenvalue weighted by molar-refractivity contribution is 0.152. The molecule has 6 heteroatoms. The molecule has 1 aliphatic heterocycles. The topological polar surface area (TPSA) is 48.9 Å². The minimum absolute atomic E-state index is 0. The molecule has 148 valence electrons. The highest BCUT2D eigenvalue weighted by atomic mass is 127. The van der Waals surface area contributed by atoms with E-state index in [4.69, 9.17) is 4.74 Å². The summed E-state index contributed by atoms with van der Waals surface area (Å²) < 4.78 is 5.35. The summed E-state index contributed by atoms with van der Waals surface area (Å²) in [6.45, 7) is 10.8. The van der Waals surface area contributed by atoms with Crippen LogP contribution >= 0.6 is 24.0 Å². The van der Waals surface area contributed by atoms with Crippen molar-refractivity contribution >= 4 is 29.9 Å². The van der Waals surface area contributed by atoms with E-state index in [0.717, 1.165) is 38.1 Å². The summed E-state index contributed by atoms with van der Waals surface area (Å²) in [6.07, 6.45) is 2.68. The molecule has 1 heterocycles. The van der Waals surface area contributed by atoms with Crippen molar-refractivity contribution in [3.8, 4) is 0 Å². The van der Waals surface area contributed by atoms with Gasteiger partial charge in [-0.15, -0.1) is 24.0 Å². The van der Waals surface area contributed by atoms with E-state index in [0.29, 0.717) is 6.61 Å². The van der Waals surface area contributed by atoms with Crippen LogP contribution in [0.5, 0.6) is 0 Å². The Morgan fingerprint density at radius 3 is 2.73 bits per heavy atom. The molecule has 1 fully saturated rings. The number of rotatable bonds is 8. The van der Waals surface area contributed by atoms with Crippen LogP contribution in [0.1, 0.15) is 37.8 Å². The molecule has 1 atom stereocenters. The molecule has 0 amide bonds. The van der Waals surface area contributed by atoms with Gasteiger partial charge in [0.05, 0.1) is 6.61 Å². The van der Waals surface area contributed by atoms with Gasteiger partial charge in [0.15, 0.2) is 5.96 Å². The number of guanidine groups is 1. The van der Waals surface area contributed by atoms with Crippen LogP contribution in [0.2, 0.25) is 0 Å². The number of ether oxygens (including phenoxy) is 1. The third-order valence-electron chi connectivity index (χ3n) is 4.67. The van der Waals surface area contributed by atoms with E-state index in [1.165, 1.54) is 37.1 Å². The SMILES string of the molecule is CCOCCNC(=NC)NCc1ccccc1CN1CCCC(C)C1.I. The molecule has 0 saturated carbocycles. The summed E-state index contributed by atoms with van der Waals surface area (Å²) in [5.74, 6) is 1.63. The van der Waals surface area contributed by atoms with E-state index in [2.05, 4.69) is 51.7 Å². The van der Waals surface area contributed by atoms with E-state index in [1.807, 2.05) is 6.92 Å². The maximum Gasteiger partial charge on any atom is 0.191 e. The lowest BCUT2D eigenvalue weighted by Crippen LogP contribution is -2.39. The first-order chi connectivity index (χ1) is 12.2. The monoisotopic (exact) mass is 474 g/mol. The molecule has 0 spiro atoms. The fourth-order valence-corrected chi connectivity index (χ4v) is 3.34. The van der Waals surface area contributed by atoms with Crippen LogP contribution in [0, 0.1) is 5.92 Å². The van der Waals surface area contributed by atoms with Gasteiger partial charge in [0.2, 0.25) is 0 Å². The van der Waals surface area contributed by atoms with E-state index < -0.39 is 0 Å². The largest absolute Gasteiger partial charge is 0.380 e. The predicted molar refractivity (Wildman–Crippen MR) is 120 cm³/mol. The average Bonchev–Trinajstić information content (AvgIpc) is 2.62. The maximum absolute atomic E-state index is 5.35. The molecule has 0 aromatic heterocycles. The first-order valence-corrected chi connectivity index (χ1v) is 9.54. The second-order valence-electron chi connectivity index (χ2n) is 6.80. The first kappa shape index (κ1) is 23.2. The molecule has 26 heavy (non-hydrogen) atoms. The van der Waals surface area contributed by atoms with Crippen LogP contribution in [-0.4, -0.2) is 50.8 Å². The minimum Gasteiger partial charge on any atom is -0.380 e. The van der Waals surface area contributed by atoms with Crippen LogP contribution < -0.4 is 10.6 Å². The molecule has 0 radical (unpaired) electrons. The molecule has 0 bridgehead atoms. The Morgan fingerprint density at radius 1 is 1.27 bits per heavy atom. The summed E-state index contributed by atoms with van der Waals surface area (Å²) in [4.78, 5) is 6.87. The zero-order chi connectivity index (χ0) is 17.9. The second-order valence-corrected chi connectivity index (χ2v) is 6.80. The number of aliphatic imine (C=N–C) groups is 1. The molecule has 5 nitrogen and oxygen atoms in total. The average molecular weight is 474 g/mol. The number of piperidine rings is 1. The van der Waals surface area contributed by atoms with Crippen LogP contribution in [-0.2, 0) is 17.8 Å². The van der Waals surface area contributed by atoms with Gasteiger partial charge in [0, 0.05) is 39.8 Å². The standard InChI is InChI=1S/C20H34N4O.HI/c1-4-25-13-11-22-20(21-3)23-14-18-9-5-6-10-19(18)16-24-12-7-8-17(2)15-24;/h5-6,9-10,17H,4,7-8,11-16H2,1-3H3,(H2,21,22,23);1H. The minimum atomic E-state index is 0. The molecule has 1 aromatic rings. The Bertz CT molecular complexity index is 538. The molecule has 1 aromatic carbocycles. The first-order valence-electron chi connectivity index (χ1n) is 9.54. The molecule has 2 N–H and O–H groups in total. The van der Waals surface area contributed by atoms with E-state index in [1.54, 1.807) is 7.05 Å². The summed E-state index contributed by atoms with van der Waals surface area (Å²) in [5, 5.41) is 6.70. The number of hydrogen-bond donors (Lipinski definition) is 2. The molecule has 1 aliphatic rings.